The van der Waals surface area contributed by atoms with Gasteiger partial charge in [-0.05, 0) is 32.2 Å². The Morgan fingerprint density at radius 3 is 2.86 bits per heavy atom. The summed E-state index contributed by atoms with van der Waals surface area (Å²) in [5, 5.41) is 12.3. The number of nitrogens with one attached hydrogen (secondary N) is 1. The summed E-state index contributed by atoms with van der Waals surface area (Å²) in [6.45, 7) is 2.18. The zero-order chi connectivity index (χ0) is 10.4. The molecule has 0 bridgehead atoms. The molecule has 1 heterocycles. The second kappa shape index (κ2) is 5.32. The van der Waals surface area contributed by atoms with Gasteiger partial charge in [0.25, 0.3) is 0 Å². The highest BCUT2D eigenvalue weighted by molar-refractivity contribution is 5.75. The molecule has 0 aromatic rings. The van der Waals surface area contributed by atoms with Crippen LogP contribution in [0, 0.1) is 5.41 Å². The predicted molar refractivity (Wildman–Crippen MR) is 53.3 cm³/mol. The zero-order valence-corrected chi connectivity index (χ0v) is 8.71. The fourth-order valence-electron chi connectivity index (χ4n) is 1.96. The number of hydrogen-bond donors (Lipinski definition) is 2. The van der Waals surface area contributed by atoms with Crippen LogP contribution in [0.1, 0.15) is 25.7 Å². The van der Waals surface area contributed by atoms with Crippen molar-refractivity contribution in [2.45, 2.75) is 25.7 Å². The fraction of sp³-hybridized carbons (Fsp3) is 0.900. The summed E-state index contributed by atoms with van der Waals surface area (Å²) >= 11 is 0. The van der Waals surface area contributed by atoms with E-state index in [9.17, 15) is 4.79 Å². The van der Waals surface area contributed by atoms with Crippen molar-refractivity contribution < 1.29 is 14.6 Å². The lowest BCUT2D eigenvalue weighted by molar-refractivity contribution is -0.148. The molecule has 0 radical (unpaired) electrons. The summed E-state index contributed by atoms with van der Waals surface area (Å²) in [5.74, 6) is -0.653. The summed E-state index contributed by atoms with van der Waals surface area (Å²) in [7, 11) is 1.67. The van der Waals surface area contributed by atoms with E-state index in [4.69, 9.17) is 9.84 Å². The number of carbonyl (C=O) groups is 1. The van der Waals surface area contributed by atoms with Gasteiger partial charge in [0.05, 0.1) is 5.41 Å². The first-order valence-corrected chi connectivity index (χ1v) is 5.14. The maximum Gasteiger partial charge on any atom is 0.310 e. The lowest BCUT2D eigenvalue weighted by Gasteiger charge is -2.22. The normalized spacial score (nSPS) is 26.6. The molecule has 0 aromatic carbocycles. The van der Waals surface area contributed by atoms with Crippen molar-refractivity contribution in [3.05, 3.63) is 0 Å². The Morgan fingerprint density at radius 1 is 1.57 bits per heavy atom. The van der Waals surface area contributed by atoms with Gasteiger partial charge in [-0.3, -0.25) is 4.79 Å². The van der Waals surface area contributed by atoms with Crippen LogP contribution in [0.2, 0.25) is 0 Å². The summed E-state index contributed by atoms with van der Waals surface area (Å²) in [6.07, 6.45) is 3.40. The van der Waals surface area contributed by atoms with Crippen molar-refractivity contribution in [1.29, 1.82) is 0 Å². The second-order valence-electron chi connectivity index (χ2n) is 3.96. The number of carboxylic acid groups (broad SMARTS) is 1. The molecule has 0 aliphatic carbocycles. The molecule has 0 spiro atoms. The van der Waals surface area contributed by atoms with Crippen LogP contribution in [-0.4, -0.2) is 37.9 Å². The molecule has 2 N–H and O–H groups in total. The van der Waals surface area contributed by atoms with Crippen molar-refractivity contribution in [2.75, 3.05) is 26.8 Å². The standard InChI is InChI=1S/C10H19NO3/c1-14-7-3-2-4-10(9(12)13)5-6-11-8-10/h11H,2-8H2,1H3,(H,12,13). The van der Waals surface area contributed by atoms with E-state index in [1.54, 1.807) is 7.11 Å². The van der Waals surface area contributed by atoms with E-state index in [1.165, 1.54) is 0 Å². The maximum absolute atomic E-state index is 11.1. The van der Waals surface area contributed by atoms with Gasteiger partial charge in [0, 0.05) is 20.3 Å². The first-order chi connectivity index (χ1) is 6.71. The van der Waals surface area contributed by atoms with Crippen molar-refractivity contribution in [2.24, 2.45) is 5.41 Å². The quantitative estimate of drug-likeness (QED) is 0.626. The third-order valence-electron chi connectivity index (χ3n) is 2.95. The summed E-state index contributed by atoms with van der Waals surface area (Å²) in [4.78, 5) is 11.1. The Bertz CT molecular complexity index is 188. The molecule has 1 unspecified atom stereocenters. The van der Waals surface area contributed by atoms with Gasteiger partial charge in [0.2, 0.25) is 0 Å². The number of hydrogen-bond acceptors (Lipinski definition) is 3. The Balaban J connectivity index is 2.33. The van der Waals surface area contributed by atoms with Crippen LogP contribution >= 0.6 is 0 Å². The Hall–Kier alpha value is -0.610. The third kappa shape index (κ3) is 2.69. The van der Waals surface area contributed by atoms with Crippen LogP contribution in [0.3, 0.4) is 0 Å². The lowest BCUT2D eigenvalue weighted by atomic mass is 9.82. The highest BCUT2D eigenvalue weighted by Crippen LogP contribution is 2.31. The molecule has 1 aliphatic heterocycles. The molecular weight excluding hydrogens is 182 g/mol. The molecule has 4 nitrogen and oxygen atoms in total. The topological polar surface area (TPSA) is 58.6 Å². The zero-order valence-electron chi connectivity index (χ0n) is 8.71. The van der Waals surface area contributed by atoms with Gasteiger partial charge < -0.3 is 15.2 Å². The third-order valence-corrected chi connectivity index (χ3v) is 2.95. The predicted octanol–water partition coefficient (Wildman–Crippen LogP) is 0.867. The molecule has 1 rings (SSSR count). The first-order valence-electron chi connectivity index (χ1n) is 5.14. The highest BCUT2D eigenvalue weighted by Gasteiger charge is 2.40. The van der Waals surface area contributed by atoms with Gasteiger partial charge in [0.1, 0.15) is 0 Å². The maximum atomic E-state index is 11.1. The van der Waals surface area contributed by atoms with Gasteiger partial charge in [-0.15, -0.1) is 0 Å². The SMILES string of the molecule is COCCCCC1(C(=O)O)CCNC1. The van der Waals surface area contributed by atoms with Crippen molar-refractivity contribution in [3.63, 3.8) is 0 Å². The molecule has 0 saturated carbocycles. The molecule has 14 heavy (non-hydrogen) atoms. The Morgan fingerprint density at radius 2 is 2.36 bits per heavy atom. The summed E-state index contributed by atoms with van der Waals surface area (Å²) < 4.78 is 4.94. The molecule has 1 fully saturated rings. The monoisotopic (exact) mass is 201 g/mol. The largest absolute Gasteiger partial charge is 0.481 e. The molecule has 1 saturated heterocycles. The molecule has 0 amide bonds. The highest BCUT2D eigenvalue weighted by atomic mass is 16.5. The average Bonchev–Trinajstić information content (AvgIpc) is 2.62. The van der Waals surface area contributed by atoms with Crippen LogP contribution in [-0.2, 0) is 9.53 Å². The van der Waals surface area contributed by atoms with Crippen molar-refractivity contribution >= 4 is 5.97 Å². The van der Waals surface area contributed by atoms with Crippen LogP contribution < -0.4 is 5.32 Å². The van der Waals surface area contributed by atoms with E-state index in [-0.39, 0.29) is 0 Å². The molecule has 4 heteroatoms. The second-order valence-corrected chi connectivity index (χ2v) is 3.96. The minimum absolute atomic E-state index is 0.506. The number of aliphatic carboxylic acids is 1. The minimum Gasteiger partial charge on any atom is -0.481 e. The van der Waals surface area contributed by atoms with Crippen molar-refractivity contribution in [1.82, 2.24) is 5.32 Å². The molecule has 0 aromatic heterocycles. The average molecular weight is 201 g/mol. The number of ether oxygens (including phenoxy) is 1. The Labute approximate surface area is 84.6 Å². The van der Waals surface area contributed by atoms with E-state index >= 15 is 0 Å². The van der Waals surface area contributed by atoms with Crippen LogP contribution in [0.15, 0.2) is 0 Å². The smallest absolute Gasteiger partial charge is 0.310 e. The fourth-order valence-corrected chi connectivity index (χ4v) is 1.96. The molecule has 82 valence electrons. The van der Waals surface area contributed by atoms with E-state index in [0.717, 1.165) is 38.8 Å². The molecule has 1 aliphatic rings. The van der Waals surface area contributed by atoms with Crippen LogP contribution in [0.5, 0.6) is 0 Å². The van der Waals surface area contributed by atoms with Gasteiger partial charge >= 0.3 is 5.97 Å². The van der Waals surface area contributed by atoms with Crippen LogP contribution in [0.25, 0.3) is 0 Å². The van der Waals surface area contributed by atoms with Gasteiger partial charge in [0.15, 0.2) is 0 Å². The van der Waals surface area contributed by atoms with Crippen LogP contribution in [0.4, 0.5) is 0 Å². The van der Waals surface area contributed by atoms with E-state index in [1.807, 2.05) is 0 Å². The van der Waals surface area contributed by atoms with E-state index in [2.05, 4.69) is 5.32 Å². The molecule has 1 atom stereocenters. The molecular formula is C10H19NO3. The Kier molecular flexibility index (Phi) is 4.35. The number of unbranched alkanes of at least 4 members (excludes halogenated alkanes) is 1. The summed E-state index contributed by atoms with van der Waals surface area (Å²) in [5.41, 5.74) is -0.506. The van der Waals surface area contributed by atoms with Crippen molar-refractivity contribution in [3.8, 4) is 0 Å². The van der Waals surface area contributed by atoms with Gasteiger partial charge in [-0.1, -0.05) is 0 Å². The number of rotatable bonds is 6. The van der Waals surface area contributed by atoms with Gasteiger partial charge in [-0.2, -0.15) is 0 Å². The van der Waals surface area contributed by atoms with Gasteiger partial charge in [-0.25, -0.2) is 0 Å². The number of methoxy groups -OCH3 is 1. The van der Waals surface area contributed by atoms with E-state index in [0.29, 0.717) is 6.54 Å². The lowest BCUT2D eigenvalue weighted by Crippen LogP contribution is -2.33. The number of carboxylic acids is 1. The first kappa shape index (κ1) is 11.5. The minimum atomic E-state index is -0.653. The van der Waals surface area contributed by atoms with E-state index < -0.39 is 11.4 Å². The summed E-state index contributed by atoms with van der Waals surface area (Å²) in [6, 6.07) is 0.